The first-order valence-corrected chi connectivity index (χ1v) is 8.70. The van der Waals surface area contributed by atoms with E-state index in [2.05, 4.69) is 0 Å². The molecule has 1 aromatic rings. The Bertz CT molecular complexity index is 681. The van der Waals surface area contributed by atoms with Crippen LogP contribution in [-0.2, 0) is 10.0 Å². The van der Waals surface area contributed by atoms with Gasteiger partial charge in [-0.05, 0) is 37.3 Å². The molecule has 0 amide bonds. The molecule has 0 bridgehead atoms. The fraction of sp³-hybridized carbons (Fsp3) is 0.571. The van der Waals surface area contributed by atoms with Crippen LogP contribution >= 0.6 is 12.4 Å². The molecule has 1 aromatic carbocycles. The van der Waals surface area contributed by atoms with E-state index in [4.69, 9.17) is 5.73 Å². The van der Waals surface area contributed by atoms with Crippen molar-refractivity contribution in [3.05, 3.63) is 33.9 Å². The van der Waals surface area contributed by atoms with Gasteiger partial charge < -0.3 is 5.73 Å². The van der Waals surface area contributed by atoms with Crippen molar-refractivity contribution in [2.75, 3.05) is 13.1 Å². The molecular weight excluding hydrogens is 342 g/mol. The van der Waals surface area contributed by atoms with Gasteiger partial charge in [-0.15, -0.1) is 12.4 Å². The summed E-state index contributed by atoms with van der Waals surface area (Å²) in [7, 11) is -3.70. The molecule has 1 aliphatic rings. The van der Waals surface area contributed by atoms with Gasteiger partial charge in [0.15, 0.2) is 0 Å². The molecule has 9 heteroatoms. The predicted octanol–water partition coefficient (Wildman–Crippen LogP) is 2.07. The van der Waals surface area contributed by atoms with Crippen LogP contribution < -0.4 is 5.73 Å². The summed E-state index contributed by atoms with van der Waals surface area (Å²) in [6, 6.07) is 3.60. The van der Waals surface area contributed by atoms with Gasteiger partial charge in [0.05, 0.1) is 9.82 Å². The van der Waals surface area contributed by atoms with Crippen LogP contribution in [0, 0.1) is 23.0 Å². The maximum Gasteiger partial charge on any atom is 0.269 e. The lowest BCUT2D eigenvalue weighted by atomic mass is 9.93. The molecule has 23 heavy (non-hydrogen) atoms. The Hall–Kier alpha value is -1.22. The maximum atomic E-state index is 12.9. The second-order valence-corrected chi connectivity index (χ2v) is 7.60. The van der Waals surface area contributed by atoms with E-state index < -0.39 is 14.9 Å². The lowest BCUT2D eigenvalue weighted by Crippen LogP contribution is -2.51. The van der Waals surface area contributed by atoms with Crippen LogP contribution in [0.25, 0.3) is 0 Å². The molecular formula is C14H22ClN3O4S. The minimum atomic E-state index is -3.70. The van der Waals surface area contributed by atoms with E-state index >= 15 is 0 Å². The second kappa shape index (κ2) is 7.57. The van der Waals surface area contributed by atoms with E-state index in [0.29, 0.717) is 12.1 Å². The zero-order valence-electron chi connectivity index (χ0n) is 13.1. The summed E-state index contributed by atoms with van der Waals surface area (Å²) < 4.78 is 27.3. The number of halogens is 1. The topological polar surface area (TPSA) is 107 Å². The minimum absolute atomic E-state index is 0. The lowest BCUT2D eigenvalue weighted by molar-refractivity contribution is -0.385. The number of nitro benzene ring substituents is 1. The molecule has 1 fully saturated rings. The van der Waals surface area contributed by atoms with Crippen LogP contribution in [0.4, 0.5) is 5.69 Å². The highest BCUT2D eigenvalue weighted by Crippen LogP contribution is 2.31. The van der Waals surface area contributed by atoms with E-state index in [0.717, 1.165) is 12.8 Å². The van der Waals surface area contributed by atoms with E-state index in [1.165, 1.54) is 22.5 Å². The Kier molecular flexibility index (Phi) is 6.52. The van der Waals surface area contributed by atoms with Crippen molar-refractivity contribution in [1.82, 2.24) is 4.31 Å². The summed E-state index contributed by atoms with van der Waals surface area (Å²) in [5.74, 6) is 0.201. The first-order valence-electron chi connectivity index (χ1n) is 7.26. The highest BCUT2D eigenvalue weighted by Gasteiger charge is 2.37. The molecule has 1 aliphatic heterocycles. The number of nitrogens with two attached hydrogens (primary N) is 1. The number of nitro groups is 1. The summed E-state index contributed by atoms with van der Waals surface area (Å²) in [6.07, 6.45) is 1.75. The van der Waals surface area contributed by atoms with Crippen molar-refractivity contribution in [2.24, 2.45) is 11.7 Å². The van der Waals surface area contributed by atoms with E-state index in [1.807, 2.05) is 6.92 Å². The van der Waals surface area contributed by atoms with Gasteiger partial charge in [0.25, 0.3) is 5.69 Å². The predicted molar refractivity (Wildman–Crippen MR) is 90.2 cm³/mol. The molecule has 2 atom stereocenters. The number of nitrogens with zero attached hydrogens (tertiary/aromatic N) is 2. The highest BCUT2D eigenvalue weighted by atomic mass is 35.5. The monoisotopic (exact) mass is 363 g/mol. The third-order valence-electron chi connectivity index (χ3n) is 4.26. The normalized spacial score (nSPS) is 22.4. The van der Waals surface area contributed by atoms with Gasteiger partial charge in [0.1, 0.15) is 0 Å². The fourth-order valence-electron chi connectivity index (χ4n) is 3.02. The molecule has 130 valence electrons. The van der Waals surface area contributed by atoms with Crippen LogP contribution in [0.5, 0.6) is 0 Å². The van der Waals surface area contributed by atoms with Crippen LogP contribution in [0.2, 0.25) is 0 Å². The van der Waals surface area contributed by atoms with Gasteiger partial charge in [0, 0.05) is 31.3 Å². The first kappa shape index (κ1) is 19.8. The fourth-order valence-corrected chi connectivity index (χ4v) is 5.00. The largest absolute Gasteiger partial charge is 0.329 e. The number of non-ortho nitro benzene ring substituents is 1. The third kappa shape index (κ3) is 3.82. The Morgan fingerprint density at radius 1 is 1.43 bits per heavy atom. The maximum absolute atomic E-state index is 12.9. The second-order valence-electron chi connectivity index (χ2n) is 5.75. The molecule has 2 rings (SSSR count). The van der Waals surface area contributed by atoms with Gasteiger partial charge in [-0.25, -0.2) is 8.42 Å². The number of hydrogen-bond acceptors (Lipinski definition) is 5. The molecule has 0 aliphatic carbocycles. The molecule has 0 spiro atoms. The van der Waals surface area contributed by atoms with Crippen molar-refractivity contribution in [3.63, 3.8) is 0 Å². The molecule has 1 saturated heterocycles. The average molecular weight is 364 g/mol. The minimum Gasteiger partial charge on any atom is -0.329 e. The number of piperidine rings is 1. The van der Waals surface area contributed by atoms with Gasteiger partial charge >= 0.3 is 0 Å². The zero-order valence-corrected chi connectivity index (χ0v) is 14.8. The number of hydrogen-bond donors (Lipinski definition) is 1. The summed E-state index contributed by atoms with van der Waals surface area (Å²) in [5, 5.41) is 10.8. The van der Waals surface area contributed by atoms with Gasteiger partial charge in [0.2, 0.25) is 10.0 Å². The molecule has 7 nitrogen and oxygen atoms in total. The van der Waals surface area contributed by atoms with Gasteiger partial charge in [-0.2, -0.15) is 4.31 Å². The molecule has 0 radical (unpaired) electrons. The summed E-state index contributed by atoms with van der Waals surface area (Å²) in [5.41, 5.74) is 6.03. The molecule has 1 heterocycles. The lowest BCUT2D eigenvalue weighted by Gasteiger charge is -2.38. The molecule has 2 N–H and O–H groups in total. The van der Waals surface area contributed by atoms with Crippen molar-refractivity contribution >= 4 is 28.1 Å². The molecule has 0 saturated carbocycles. The smallest absolute Gasteiger partial charge is 0.269 e. The van der Waals surface area contributed by atoms with Crippen molar-refractivity contribution in [3.8, 4) is 0 Å². The standard InChI is InChI=1S/C14H21N3O4S.ClH/c1-10-4-3-7-16(13(10)9-15)22(20,21)14-6-5-12(17(18)19)8-11(14)2;/h5-6,8,10,13H,3-4,7,9,15H2,1-2H3;1H. The average Bonchev–Trinajstić information content (AvgIpc) is 2.46. The van der Waals surface area contributed by atoms with Crippen molar-refractivity contribution < 1.29 is 13.3 Å². The Labute approximate surface area is 142 Å². The molecule has 0 aromatic heterocycles. The van der Waals surface area contributed by atoms with Crippen LogP contribution in [-0.4, -0.2) is 36.8 Å². The molecule has 2 unspecified atom stereocenters. The third-order valence-corrected chi connectivity index (χ3v) is 6.35. The number of benzene rings is 1. The van der Waals surface area contributed by atoms with E-state index in [9.17, 15) is 18.5 Å². The Morgan fingerprint density at radius 3 is 2.61 bits per heavy atom. The summed E-state index contributed by atoms with van der Waals surface area (Å²) >= 11 is 0. The Morgan fingerprint density at radius 2 is 2.09 bits per heavy atom. The van der Waals surface area contributed by atoms with Crippen molar-refractivity contribution in [1.29, 1.82) is 0 Å². The number of aryl methyl sites for hydroxylation is 1. The van der Waals surface area contributed by atoms with Crippen LogP contribution in [0.1, 0.15) is 25.3 Å². The van der Waals surface area contributed by atoms with E-state index in [1.54, 1.807) is 6.92 Å². The van der Waals surface area contributed by atoms with Crippen LogP contribution in [0.3, 0.4) is 0 Å². The van der Waals surface area contributed by atoms with Crippen LogP contribution in [0.15, 0.2) is 23.1 Å². The Balaban J connectivity index is 0.00000264. The number of sulfonamides is 1. The quantitative estimate of drug-likeness (QED) is 0.651. The van der Waals surface area contributed by atoms with Gasteiger partial charge in [-0.3, -0.25) is 10.1 Å². The zero-order chi connectivity index (χ0) is 16.5. The highest BCUT2D eigenvalue weighted by molar-refractivity contribution is 7.89. The summed E-state index contributed by atoms with van der Waals surface area (Å²) in [6.45, 7) is 4.28. The van der Waals surface area contributed by atoms with E-state index in [-0.39, 0.29) is 41.5 Å². The first-order chi connectivity index (χ1) is 10.3. The van der Waals surface area contributed by atoms with Gasteiger partial charge in [-0.1, -0.05) is 6.92 Å². The summed E-state index contributed by atoms with van der Waals surface area (Å²) in [4.78, 5) is 10.4. The number of rotatable bonds is 4. The SMILES string of the molecule is Cc1cc([N+](=O)[O-])ccc1S(=O)(=O)N1CCCC(C)C1CN.Cl. The van der Waals surface area contributed by atoms with Crippen molar-refractivity contribution in [2.45, 2.75) is 37.6 Å².